The number of carbonyl (C=O) groups excluding carboxylic acids is 2. The van der Waals surface area contributed by atoms with Crippen molar-refractivity contribution in [3.63, 3.8) is 0 Å². The van der Waals surface area contributed by atoms with Gasteiger partial charge in [0.15, 0.2) is 6.61 Å². The zero-order valence-electron chi connectivity index (χ0n) is 17.7. The van der Waals surface area contributed by atoms with E-state index >= 15 is 0 Å². The Hall–Kier alpha value is -3.43. The van der Waals surface area contributed by atoms with Gasteiger partial charge in [0.1, 0.15) is 5.76 Å². The fourth-order valence-corrected chi connectivity index (χ4v) is 3.98. The summed E-state index contributed by atoms with van der Waals surface area (Å²) in [5, 5.41) is 0. The molecular formula is C23H24N2O6S. The highest BCUT2D eigenvalue weighted by Crippen LogP contribution is 2.18. The van der Waals surface area contributed by atoms with Gasteiger partial charge in [-0.1, -0.05) is 36.4 Å². The van der Waals surface area contributed by atoms with Gasteiger partial charge in [0, 0.05) is 7.05 Å². The lowest BCUT2D eigenvalue weighted by molar-refractivity contribution is -0.135. The predicted molar refractivity (Wildman–Crippen MR) is 117 cm³/mol. The number of esters is 1. The maximum atomic E-state index is 12.5. The van der Waals surface area contributed by atoms with E-state index in [2.05, 4.69) is 4.72 Å². The molecule has 8 nitrogen and oxygen atoms in total. The standard InChI is InChI=1S/C23H24N2O6S/c1-17(18-8-4-3-5-9-18)25(2)22(26)16-31-23(27)19-10-6-12-21(14-19)32(28,29)24-15-20-11-7-13-30-20/h3-14,17,24H,15-16H2,1-2H3. The van der Waals surface area contributed by atoms with Crippen LogP contribution in [0.3, 0.4) is 0 Å². The number of nitrogens with one attached hydrogen (secondary N) is 1. The van der Waals surface area contributed by atoms with Crippen molar-refractivity contribution in [3.05, 3.63) is 89.9 Å². The summed E-state index contributed by atoms with van der Waals surface area (Å²) in [6.45, 7) is 1.39. The van der Waals surface area contributed by atoms with Crippen molar-refractivity contribution in [1.29, 1.82) is 0 Å². The van der Waals surface area contributed by atoms with Crippen molar-refractivity contribution in [2.24, 2.45) is 0 Å². The highest BCUT2D eigenvalue weighted by Gasteiger charge is 2.21. The number of amides is 1. The molecule has 1 unspecified atom stereocenters. The summed E-state index contributed by atoms with van der Waals surface area (Å²) < 4.78 is 37.6. The normalized spacial score (nSPS) is 12.2. The Morgan fingerprint density at radius 1 is 1.06 bits per heavy atom. The smallest absolute Gasteiger partial charge is 0.338 e. The lowest BCUT2D eigenvalue weighted by Crippen LogP contribution is -2.33. The van der Waals surface area contributed by atoms with Gasteiger partial charge in [-0.25, -0.2) is 17.9 Å². The van der Waals surface area contributed by atoms with E-state index in [0.29, 0.717) is 5.76 Å². The quantitative estimate of drug-likeness (QED) is 0.496. The molecule has 2 aromatic carbocycles. The van der Waals surface area contributed by atoms with Crippen LogP contribution >= 0.6 is 0 Å². The molecule has 168 valence electrons. The fourth-order valence-electron chi connectivity index (χ4n) is 2.94. The van der Waals surface area contributed by atoms with Crippen molar-refractivity contribution in [2.45, 2.75) is 24.4 Å². The molecule has 3 aromatic rings. The van der Waals surface area contributed by atoms with Crippen LogP contribution in [0.5, 0.6) is 0 Å². The molecule has 0 aliphatic rings. The van der Waals surface area contributed by atoms with Crippen LogP contribution < -0.4 is 4.72 Å². The van der Waals surface area contributed by atoms with Crippen LogP contribution in [-0.4, -0.2) is 38.8 Å². The molecule has 0 spiro atoms. The first-order chi connectivity index (χ1) is 15.3. The highest BCUT2D eigenvalue weighted by molar-refractivity contribution is 7.89. The summed E-state index contributed by atoms with van der Waals surface area (Å²) >= 11 is 0. The molecule has 1 amide bonds. The average Bonchev–Trinajstić information content (AvgIpc) is 3.34. The van der Waals surface area contributed by atoms with Crippen LogP contribution in [0.2, 0.25) is 0 Å². The molecule has 0 aliphatic heterocycles. The third kappa shape index (κ3) is 5.83. The summed E-state index contributed by atoms with van der Waals surface area (Å²) in [4.78, 5) is 26.3. The molecule has 0 saturated carbocycles. The van der Waals surface area contributed by atoms with Gasteiger partial charge in [0.05, 0.1) is 29.3 Å². The molecule has 9 heteroatoms. The Balaban J connectivity index is 1.60. The van der Waals surface area contributed by atoms with E-state index in [9.17, 15) is 18.0 Å². The summed E-state index contributed by atoms with van der Waals surface area (Å²) in [5.41, 5.74) is 0.979. The topological polar surface area (TPSA) is 106 Å². The molecular weight excluding hydrogens is 432 g/mol. The fraction of sp³-hybridized carbons (Fsp3) is 0.217. The maximum Gasteiger partial charge on any atom is 0.338 e. The van der Waals surface area contributed by atoms with E-state index in [-0.39, 0.29) is 29.0 Å². The molecule has 1 N–H and O–H groups in total. The number of hydrogen-bond acceptors (Lipinski definition) is 6. The Kier molecular flexibility index (Phi) is 7.45. The molecule has 0 fully saturated rings. The zero-order chi connectivity index (χ0) is 23.1. The summed E-state index contributed by atoms with van der Waals surface area (Å²) in [6, 6.07) is 18.0. The minimum atomic E-state index is -3.87. The van der Waals surface area contributed by atoms with E-state index in [1.54, 1.807) is 19.2 Å². The van der Waals surface area contributed by atoms with Crippen molar-refractivity contribution >= 4 is 21.9 Å². The zero-order valence-corrected chi connectivity index (χ0v) is 18.5. The second kappa shape index (κ2) is 10.3. The van der Waals surface area contributed by atoms with Gasteiger partial charge in [-0.05, 0) is 42.8 Å². The van der Waals surface area contributed by atoms with Gasteiger partial charge in [-0.15, -0.1) is 0 Å². The number of furan rings is 1. The monoisotopic (exact) mass is 456 g/mol. The van der Waals surface area contributed by atoms with Crippen LogP contribution in [0.25, 0.3) is 0 Å². The number of nitrogens with zero attached hydrogens (tertiary/aromatic N) is 1. The Labute approximate surface area is 186 Å². The van der Waals surface area contributed by atoms with Gasteiger partial charge in [0.25, 0.3) is 5.91 Å². The molecule has 0 aliphatic carbocycles. The molecule has 3 rings (SSSR count). The summed E-state index contributed by atoms with van der Waals surface area (Å²) in [5.74, 6) is -0.711. The first-order valence-corrected chi connectivity index (χ1v) is 11.4. The highest BCUT2D eigenvalue weighted by atomic mass is 32.2. The van der Waals surface area contributed by atoms with Crippen molar-refractivity contribution < 1.29 is 27.2 Å². The lowest BCUT2D eigenvalue weighted by Gasteiger charge is -2.25. The summed E-state index contributed by atoms with van der Waals surface area (Å²) in [7, 11) is -2.24. The van der Waals surface area contributed by atoms with Crippen LogP contribution in [0.1, 0.15) is 34.6 Å². The van der Waals surface area contributed by atoms with E-state index < -0.39 is 22.6 Å². The lowest BCUT2D eigenvalue weighted by atomic mass is 10.1. The molecule has 1 atom stereocenters. The first kappa shape index (κ1) is 23.2. The van der Waals surface area contributed by atoms with Gasteiger partial charge in [-0.3, -0.25) is 4.79 Å². The van der Waals surface area contributed by atoms with Crippen molar-refractivity contribution in [3.8, 4) is 0 Å². The minimum Gasteiger partial charge on any atom is -0.468 e. The summed E-state index contributed by atoms with van der Waals surface area (Å²) in [6.07, 6.45) is 1.44. The minimum absolute atomic E-state index is 0.0234. The third-order valence-electron chi connectivity index (χ3n) is 4.98. The largest absolute Gasteiger partial charge is 0.468 e. The number of rotatable bonds is 9. The van der Waals surface area contributed by atoms with E-state index in [0.717, 1.165) is 5.56 Å². The second-order valence-electron chi connectivity index (χ2n) is 7.10. The Morgan fingerprint density at radius 2 is 1.81 bits per heavy atom. The van der Waals surface area contributed by atoms with Gasteiger partial charge >= 0.3 is 5.97 Å². The van der Waals surface area contributed by atoms with Crippen LogP contribution in [0.4, 0.5) is 0 Å². The molecule has 1 heterocycles. The van der Waals surface area contributed by atoms with E-state index in [1.807, 2.05) is 37.3 Å². The second-order valence-corrected chi connectivity index (χ2v) is 8.87. The molecule has 0 saturated heterocycles. The SMILES string of the molecule is CC(c1ccccc1)N(C)C(=O)COC(=O)c1cccc(S(=O)(=O)NCc2ccco2)c1. The van der Waals surface area contributed by atoms with Crippen LogP contribution in [0, 0.1) is 0 Å². The number of likely N-dealkylation sites (N-methyl/N-ethyl adjacent to an activating group) is 1. The number of sulfonamides is 1. The van der Waals surface area contributed by atoms with Crippen LogP contribution in [-0.2, 0) is 26.1 Å². The molecule has 0 radical (unpaired) electrons. The first-order valence-electron chi connectivity index (χ1n) is 9.88. The predicted octanol–water partition coefficient (Wildman–Crippen LogP) is 3.13. The Bertz CT molecular complexity index is 1160. The maximum absolute atomic E-state index is 12.5. The van der Waals surface area contributed by atoms with Crippen molar-refractivity contribution in [2.75, 3.05) is 13.7 Å². The Morgan fingerprint density at radius 3 is 2.50 bits per heavy atom. The van der Waals surface area contributed by atoms with E-state index in [1.165, 1.54) is 35.4 Å². The number of benzene rings is 2. The van der Waals surface area contributed by atoms with Gasteiger partial charge < -0.3 is 14.1 Å². The molecule has 32 heavy (non-hydrogen) atoms. The number of carbonyl (C=O) groups is 2. The average molecular weight is 457 g/mol. The van der Waals surface area contributed by atoms with Gasteiger partial charge in [0.2, 0.25) is 10.0 Å². The van der Waals surface area contributed by atoms with E-state index in [4.69, 9.17) is 9.15 Å². The van der Waals surface area contributed by atoms with Crippen LogP contribution in [0.15, 0.2) is 82.3 Å². The van der Waals surface area contributed by atoms with Crippen molar-refractivity contribution in [1.82, 2.24) is 9.62 Å². The molecule has 1 aromatic heterocycles. The number of hydrogen-bond donors (Lipinski definition) is 1. The number of ether oxygens (including phenoxy) is 1. The third-order valence-corrected chi connectivity index (χ3v) is 6.38. The van der Waals surface area contributed by atoms with Gasteiger partial charge in [-0.2, -0.15) is 0 Å². The molecule has 0 bridgehead atoms.